The standard InChI is InChI=1S/C14H8F2N2O2S/c15-8-3-4-10(16)9(6-8)11-7-21-14(17-11)18-13(19)12-2-1-5-20-12/h1-7H,(H,17,18,19). The van der Waals surface area contributed by atoms with Crippen molar-refractivity contribution < 1.29 is 18.0 Å². The second-order valence-electron chi connectivity index (χ2n) is 4.09. The molecule has 0 radical (unpaired) electrons. The lowest BCUT2D eigenvalue weighted by molar-refractivity contribution is 0.0996. The fourth-order valence-electron chi connectivity index (χ4n) is 1.72. The molecule has 0 unspecified atom stereocenters. The molecule has 0 aliphatic carbocycles. The van der Waals surface area contributed by atoms with E-state index >= 15 is 0 Å². The maximum absolute atomic E-state index is 13.6. The van der Waals surface area contributed by atoms with E-state index in [2.05, 4.69) is 10.3 Å². The van der Waals surface area contributed by atoms with E-state index in [4.69, 9.17) is 4.42 Å². The third-order valence-electron chi connectivity index (χ3n) is 2.67. The number of nitrogens with zero attached hydrogens (tertiary/aromatic N) is 1. The van der Waals surface area contributed by atoms with E-state index in [0.29, 0.717) is 0 Å². The molecule has 0 fully saturated rings. The molecule has 0 aliphatic rings. The van der Waals surface area contributed by atoms with Crippen molar-refractivity contribution in [1.29, 1.82) is 0 Å². The maximum Gasteiger partial charge on any atom is 0.293 e. The van der Waals surface area contributed by atoms with Gasteiger partial charge in [-0.3, -0.25) is 10.1 Å². The molecule has 2 aromatic heterocycles. The van der Waals surface area contributed by atoms with Gasteiger partial charge in [-0.15, -0.1) is 11.3 Å². The summed E-state index contributed by atoms with van der Waals surface area (Å²) in [6.07, 6.45) is 1.38. The average Bonchev–Trinajstić information content (AvgIpc) is 3.12. The Hall–Kier alpha value is -2.54. The van der Waals surface area contributed by atoms with Crippen LogP contribution in [0.2, 0.25) is 0 Å². The number of carbonyl (C=O) groups is 1. The van der Waals surface area contributed by atoms with Crippen molar-refractivity contribution in [3.8, 4) is 11.3 Å². The largest absolute Gasteiger partial charge is 0.459 e. The summed E-state index contributed by atoms with van der Waals surface area (Å²) in [7, 11) is 0. The first-order valence-electron chi connectivity index (χ1n) is 5.89. The van der Waals surface area contributed by atoms with Crippen molar-refractivity contribution in [1.82, 2.24) is 4.98 Å². The monoisotopic (exact) mass is 306 g/mol. The third kappa shape index (κ3) is 2.82. The first-order chi connectivity index (χ1) is 10.1. The number of rotatable bonds is 3. The van der Waals surface area contributed by atoms with Crippen molar-refractivity contribution in [2.24, 2.45) is 0 Å². The van der Waals surface area contributed by atoms with E-state index in [0.717, 1.165) is 29.5 Å². The predicted octanol–water partition coefficient (Wildman–Crippen LogP) is 3.93. The summed E-state index contributed by atoms with van der Waals surface area (Å²) in [5.41, 5.74) is 0.302. The van der Waals surface area contributed by atoms with E-state index in [1.165, 1.54) is 17.7 Å². The number of nitrogens with one attached hydrogen (secondary N) is 1. The summed E-state index contributed by atoms with van der Waals surface area (Å²) in [5.74, 6) is -1.45. The van der Waals surface area contributed by atoms with E-state index < -0.39 is 17.5 Å². The molecule has 1 amide bonds. The third-order valence-corrected chi connectivity index (χ3v) is 3.43. The minimum atomic E-state index is -0.578. The van der Waals surface area contributed by atoms with Crippen molar-refractivity contribution >= 4 is 22.4 Å². The van der Waals surface area contributed by atoms with Crippen LogP contribution in [0, 0.1) is 11.6 Å². The van der Waals surface area contributed by atoms with Crippen LogP contribution in [0.3, 0.4) is 0 Å². The van der Waals surface area contributed by atoms with Gasteiger partial charge >= 0.3 is 0 Å². The molecule has 106 valence electrons. The Kier molecular flexibility index (Phi) is 3.49. The van der Waals surface area contributed by atoms with Gasteiger partial charge in [0.05, 0.1) is 12.0 Å². The highest BCUT2D eigenvalue weighted by Crippen LogP contribution is 2.27. The first-order valence-corrected chi connectivity index (χ1v) is 6.77. The van der Waals surface area contributed by atoms with Gasteiger partial charge in [0.15, 0.2) is 10.9 Å². The number of aromatic nitrogens is 1. The lowest BCUT2D eigenvalue weighted by atomic mass is 10.1. The number of hydrogen-bond acceptors (Lipinski definition) is 4. The zero-order valence-corrected chi connectivity index (χ0v) is 11.3. The molecular weight excluding hydrogens is 298 g/mol. The Bertz CT molecular complexity index is 784. The molecule has 0 saturated carbocycles. The fraction of sp³-hybridized carbons (Fsp3) is 0. The SMILES string of the molecule is O=C(Nc1nc(-c2cc(F)ccc2F)cs1)c1ccco1. The van der Waals surface area contributed by atoms with Crippen molar-refractivity contribution in [2.75, 3.05) is 5.32 Å². The minimum Gasteiger partial charge on any atom is -0.459 e. The average molecular weight is 306 g/mol. The highest BCUT2D eigenvalue weighted by molar-refractivity contribution is 7.14. The summed E-state index contributed by atoms with van der Waals surface area (Å²) >= 11 is 1.11. The van der Waals surface area contributed by atoms with Gasteiger partial charge in [-0.05, 0) is 30.3 Å². The topological polar surface area (TPSA) is 55.1 Å². The van der Waals surface area contributed by atoms with E-state index in [9.17, 15) is 13.6 Å². The second kappa shape index (κ2) is 5.45. The number of benzene rings is 1. The van der Waals surface area contributed by atoms with Crippen LogP contribution >= 0.6 is 11.3 Å². The normalized spacial score (nSPS) is 10.6. The quantitative estimate of drug-likeness (QED) is 0.797. The summed E-state index contributed by atoms with van der Waals surface area (Å²) in [6, 6.07) is 6.22. The van der Waals surface area contributed by atoms with Gasteiger partial charge in [-0.2, -0.15) is 0 Å². The molecule has 2 heterocycles. The highest BCUT2D eigenvalue weighted by Gasteiger charge is 2.14. The van der Waals surface area contributed by atoms with Gasteiger partial charge in [-0.25, -0.2) is 13.8 Å². The van der Waals surface area contributed by atoms with E-state index in [1.807, 2.05) is 0 Å². The zero-order valence-electron chi connectivity index (χ0n) is 10.5. The number of thiazole rings is 1. The zero-order chi connectivity index (χ0) is 14.8. The maximum atomic E-state index is 13.6. The molecule has 1 N–H and O–H groups in total. The minimum absolute atomic E-state index is 0.0461. The van der Waals surface area contributed by atoms with Crippen molar-refractivity contribution in [3.63, 3.8) is 0 Å². The first kappa shape index (κ1) is 13.4. The molecule has 0 aliphatic heterocycles. The van der Waals surface area contributed by atoms with Gasteiger partial charge in [0.2, 0.25) is 0 Å². The van der Waals surface area contributed by atoms with Crippen molar-refractivity contribution in [2.45, 2.75) is 0 Å². The van der Waals surface area contributed by atoms with Crippen LogP contribution in [-0.2, 0) is 0 Å². The Morgan fingerprint density at radius 3 is 2.90 bits per heavy atom. The molecule has 3 rings (SSSR count). The molecule has 0 spiro atoms. The number of carbonyl (C=O) groups excluding carboxylic acids is 1. The number of furan rings is 1. The van der Waals surface area contributed by atoms with Crippen molar-refractivity contribution in [3.05, 3.63) is 59.4 Å². The highest BCUT2D eigenvalue weighted by atomic mass is 32.1. The van der Waals surface area contributed by atoms with Crippen LogP contribution in [0.1, 0.15) is 10.6 Å². The number of amides is 1. The number of hydrogen-bond donors (Lipinski definition) is 1. The summed E-state index contributed by atoms with van der Waals surface area (Å²) in [4.78, 5) is 15.8. The van der Waals surface area contributed by atoms with Gasteiger partial charge in [-0.1, -0.05) is 0 Å². The van der Waals surface area contributed by atoms with Crippen LogP contribution in [0.15, 0.2) is 46.4 Å². The molecule has 21 heavy (non-hydrogen) atoms. The van der Waals surface area contributed by atoms with Crippen LogP contribution in [0.4, 0.5) is 13.9 Å². The number of halogens is 2. The second-order valence-corrected chi connectivity index (χ2v) is 4.95. The summed E-state index contributed by atoms with van der Waals surface area (Å²) < 4.78 is 31.8. The van der Waals surface area contributed by atoms with E-state index in [-0.39, 0.29) is 22.1 Å². The summed E-state index contributed by atoms with van der Waals surface area (Å²) in [6.45, 7) is 0. The van der Waals surface area contributed by atoms with Gasteiger partial charge in [0.25, 0.3) is 5.91 Å². The van der Waals surface area contributed by atoms with Crippen LogP contribution in [0.5, 0.6) is 0 Å². The van der Waals surface area contributed by atoms with Crippen LogP contribution in [-0.4, -0.2) is 10.9 Å². The molecule has 3 aromatic rings. The Balaban J connectivity index is 1.83. The predicted molar refractivity (Wildman–Crippen MR) is 74.1 cm³/mol. The summed E-state index contributed by atoms with van der Waals surface area (Å²) in [5, 5.41) is 4.34. The molecular formula is C14H8F2N2O2S. The molecule has 7 heteroatoms. The smallest absolute Gasteiger partial charge is 0.293 e. The van der Waals surface area contributed by atoms with Gasteiger partial charge in [0, 0.05) is 10.9 Å². The van der Waals surface area contributed by atoms with Crippen LogP contribution in [0.25, 0.3) is 11.3 Å². The molecule has 0 bridgehead atoms. The Morgan fingerprint density at radius 1 is 1.29 bits per heavy atom. The lowest BCUT2D eigenvalue weighted by Crippen LogP contribution is -2.10. The van der Waals surface area contributed by atoms with E-state index in [1.54, 1.807) is 6.07 Å². The van der Waals surface area contributed by atoms with Gasteiger partial charge < -0.3 is 4.42 Å². The number of anilines is 1. The fourth-order valence-corrected chi connectivity index (χ4v) is 2.42. The van der Waals surface area contributed by atoms with Gasteiger partial charge in [0.1, 0.15) is 11.6 Å². The molecule has 0 atom stereocenters. The van der Waals surface area contributed by atoms with Crippen LogP contribution < -0.4 is 5.32 Å². The molecule has 4 nitrogen and oxygen atoms in total. The Labute approximate surface area is 122 Å². The molecule has 0 saturated heterocycles. The lowest BCUT2D eigenvalue weighted by Gasteiger charge is -2.00. The molecule has 1 aromatic carbocycles. The Morgan fingerprint density at radius 2 is 2.14 bits per heavy atom.